The van der Waals surface area contributed by atoms with Gasteiger partial charge in [-0.25, -0.2) is 9.37 Å². The van der Waals surface area contributed by atoms with Gasteiger partial charge in [0.2, 0.25) is 0 Å². The molecule has 1 aromatic heterocycles. The highest BCUT2D eigenvalue weighted by molar-refractivity contribution is 5.67. The van der Waals surface area contributed by atoms with Crippen LogP contribution < -0.4 is 5.73 Å². The predicted molar refractivity (Wildman–Crippen MR) is 60.0 cm³/mol. The van der Waals surface area contributed by atoms with Crippen LogP contribution in [-0.2, 0) is 6.61 Å². The number of pyridine rings is 1. The zero-order valence-electron chi connectivity index (χ0n) is 8.52. The van der Waals surface area contributed by atoms with Crippen LogP contribution >= 0.6 is 0 Å². The number of anilines is 1. The van der Waals surface area contributed by atoms with E-state index < -0.39 is 0 Å². The van der Waals surface area contributed by atoms with Gasteiger partial charge in [0.25, 0.3) is 0 Å². The third-order valence-corrected chi connectivity index (χ3v) is 2.28. The highest BCUT2D eigenvalue weighted by Crippen LogP contribution is 2.24. The third-order valence-electron chi connectivity index (χ3n) is 2.28. The molecule has 0 atom stereocenters. The number of nitrogens with zero attached hydrogens (tertiary/aromatic N) is 1. The molecule has 0 amide bonds. The van der Waals surface area contributed by atoms with Crippen molar-refractivity contribution in [2.24, 2.45) is 0 Å². The summed E-state index contributed by atoms with van der Waals surface area (Å²) in [5.74, 6) is 0.0161. The summed E-state index contributed by atoms with van der Waals surface area (Å²) < 4.78 is 13.1. The molecule has 82 valence electrons. The number of hydrogen-bond donors (Lipinski definition) is 2. The largest absolute Gasteiger partial charge is 0.390 e. The van der Waals surface area contributed by atoms with E-state index in [0.29, 0.717) is 22.6 Å². The number of aliphatic hydroxyl groups is 1. The van der Waals surface area contributed by atoms with E-state index in [0.717, 1.165) is 0 Å². The number of nitrogens with two attached hydrogens (primary N) is 1. The fourth-order valence-electron chi connectivity index (χ4n) is 1.56. The van der Waals surface area contributed by atoms with Gasteiger partial charge in [-0.1, -0.05) is 12.1 Å². The van der Waals surface area contributed by atoms with Gasteiger partial charge in [-0.05, 0) is 29.8 Å². The van der Waals surface area contributed by atoms with E-state index in [-0.39, 0.29) is 12.4 Å². The molecule has 1 heterocycles. The van der Waals surface area contributed by atoms with Gasteiger partial charge in [-0.3, -0.25) is 0 Å². The highest BCUT2D eigenvalue weighted by Gasteiger charge is 2.06. The lowest BCUT2D eigenvalue weighted by Crippen LogP contribution is -1.98. The lowest BCUT2D eigenvalue weighted by Gasteiger charge is -2.07. The average molecular weight is 218 g/mol. The summed E-state index contributed by atoms with van der Waals surface area (Å²) in [5, 5.41) is 9.16. The van der Waals surface area contributed by atoms with E-state index in [4.69, 9.17) is 10.8 Å². The first-order chi connectivity index (χ1) is 7.70. The number of aromatic nitrogens is 1. The van der Waals surface area contributed by atoms with Crippen molar-refractivity contribution < 1.29 is 9.50 Å². The Bertz CT molecular complexity index is 514. The van der Waals surface area contributed by atoms with Crippen molar-refractivity contribution in [2.75, 3.05) is 5.73 Å². The summed E-state index contributed by atoms with van der Waals surface area (Å²) in [6.45, 7) is -0.225. The molecule has 2 aromatic rings. The molecule has 3 N–H and O–H groups in total. The Balaban J connectivity index is 2.55. The number of nitrogen functional groups attached to an aromatic ring is 1. The van der Waals surface area contributed by atoms with Gasteiger partial charge in [0.05, 0.1) is 12.3 Å². The minimum Gasteiger partial charge on any atom is -0.390 e. The molecule has 0 aliphatic rings. The van der Waals surface area contributed by atoms with Gasteiger partial charge in [0, 0.05) is 5.56 Å². The van der Waals surface area contributed by atoms with Crippen LogP contribution in [0.2, 0.25) is 0 Å². The van der Waals surface area contributed by atoms with Crippen LogP contribution in [0.25, 0.3) is 11.1 Å². The molecular formula is C12H11FN2O. The van der Waals surface area contributed by atoms with Gasteiger partial charge in [-0.15, -0.1) is 0 Å². The van der Waals surface area contributed by atoms with Crippen molar-refractivity contribution in [2.45, 2.75) is 6.61 Å². The molecule has 0 aliphatic heterocycles. The molecular weight excluding hydrogens is 207 g/mol. The molecule has 0 spiro atoms. The van der Waals surface area contributed by atoms with Crippen molar-refractivity contribution in [1.82, 2.24) is 4.98 Å². The molecule has 3 nitrogen and oxygen atoms in total. The van der Waals surface area contributed by atoms with Crippen molar-refractivity contribution >= 4 is 5.82 Å². The Kier molecular flexibility index (Phi) is 2.83. The number of rotatable bonds is 2. The molecule has 0 radical (unpaired) electrons. The highest BCUT2D eigenvalue weighted by atomic mass is 19.1. The molecule has 0 bridgehead atoms. The summed E-state index contributed by atoms with van der Waals surface area (Å²) in [4.78, 5) is 4.00. The van der Waals surface area contributed by atoms with Gasteiger partial charge in [0.15, 0.2) is 0 Å². The Morgan fingerprint density at radius 1 is 1.25 bits per heavy atom. The lowest BCUT2D eigenvalue weighted by atomic mass is 10.0. The predicted octanol–water partition coefficient (Wildman–Crippen LogP) is 1.96. The lowest BCUT2D eigenvalue weighted by molar-refractivity contribution is 0.277. The molecule has 0 saturated heterocycles. The average Bonchev–Trinajstić information content (AvgIpc) is 2.28. The monoisotopic (exact) mass is 218 g/mol. The van der Waals surface area contributed by atoms with Crippen molar-refractivity contribution in [1.29, 1.82) is 0 Å². The zero-order chi connectivity index (χ0) is 11.5. The summed E-state index contributed by atoms with van der Waals surface area (Å²) in [7, 11) is 0. The standard InChI is InChI=1S/C12H11FN2O/c13-9-3-1-2-8(6-9)10-4-5-12(14)15-11(10)7-16/h1-6,16H,7H2,(H2,14,15). The van der Waals surface area contributed by atoms with E-state index in [1.54, 1.807) is 24.3 Å². The maximum absolute atomic E-state index is 13.1. The summed E-state index contributed by atoms with van der Waals surface area (Å²) >= 11 is 0. The van der Waals surface area contributed by atoms with Crippen molar-refractivity contribution in [3.63, 3.8) is 0 Å². The normalized spacial score (nSPS) is 10.4. The van der Waals surface area contributed by atoms with E-state index in [1.165, 1.54) is 12.1 Å². The van der Waals surface area contributed by atoms with Gasteiger partial charge >= 0.3 is 0 Å². The van der Waals surface area contributed by atoms with Crippen LogP contribution in [-0.4, -0.2) is 10.1 Å². The minimum atomic E-state index is -0.321. The third kappa shape index (κ3) is 2.01. The first kappa shape index (κ1) is 10.6. The van der Waals surface area contributed by atoms with E-state index in [1.807, 2.05) is 0 Å². The van der Waals surface area contributed by atoms with Crippen LogP contribution in [0.1, 0.15) is 5.69 Å². The second-order valence-electron chi connectivity index (χ2n) is 3.40. The van der Waals surface area contributed by atoms with Crippen LogP contribution in [0.3, 0.4) is 0 Å². The van der Waals surface area contributed by atoms with Crippen LogP contribution in [0.4, 0.5) is 10.2 Å². The Labute approximate surface area is 92.4 Å². The zero-order valence-corrected chi connectivity index (χ0v) is 8.52. The van der Waals surface area contributed by atoms with Crippen LogP contribution in [0, 0.1) is 5.82 Å². The summed E-state index contributed by atoms with van der Waals surface area (Å²) in [5.41, 5.74) is 7.33. The van der Waals surface area contributed by atoms with E-state index in [2.05, 4.69) is 4.98 Å². The minimum absolute atomic E-state index is 0.225. The number of halogens is 1. The molecule has 4 heteroatoms. The first-order valence-corrected chi connectivity index (χ1v) is 4.83. The van der Waals surface area contributed by atoms with Gasteiger partial charge in [-0.2, -0.15) is 0 Å². The van der Waals surface area contributed by atoms with Crippen LogP contribution in [0.15, 0.2) is 36.4 Å². The van der Waals surface area contributed by atoms with Crippen molar-refractivity contribution in [3.05, 3.63) is 47.9 Å². The molecule has 0 fully saturated rings. The number of aliphatic hydroxyl groups excluding tert-OH is 1. The van der Waals surface area contributed by atoms with Crippen molar-refractivity contribution in [3.8, 4) is 11.1 Å². The first-order valence-electron chi connectivity index (χ1n) is 4.83. The van der Waals surface area contributed by atoms with Gasteiger partial charge in [0.1, 0.15) is 11.6 Å². The quantitative estimate of drug-likeness (QED) is 0.810. The smallest absolute Gasteiger partial charge is 0.123 e. The number of hydrogen-bond acceptors (Lipinski definition) is 3. The molecule has 0 unspecified atom stereocenters. The van der Waals surface area contributed by atoms with E-state index in [9.17, 15) is 4.39 Å². The topological polar surface area (TPSA) is 59.1 Å². The fourth-order valence-corrected chi connectivity index (χ4v) is 1.56. The summed E-state index contributed by atoms with van der Waals surface area (Å²) in [6.07, 6.45) is 0. The second-order valence-corrected chi connectivity index (χ2v) is 3.40. The Hall–Kier alpha value is -1.94. The molecule has 2 rings (SSSR count). The molecule has 1 aromatic carbocycles. The van der Waals surface area contributed by atoms with Gasteiger partial charge < -0.3 is 10.8 Å². The molecule has 0 aliphatic carbocycles. The maximum Gasteiger partial charge on any atom is 0.123 e. The maximum atomic E-state index is 13.1. The molecule has 16 heavy (non-hydrogen) atoms. The number of benzene rings is 1. The molecule has 0 saturated carbocycles. The van der Waals surface area contributed by atoms with Crippen LogP contribution in [0.5, 0.6) is 0 Å². The second kappa shape index (κ2) is 4.28. The van der Waals surface area contributed by atoms with E-state index >= 15 is 0 Å². The Morgan fingerprint density at radius 3 is 2.75 bits per heavy atom. The SMILES string of the molecule is Nc1ccc(-c2cccc(F)c2)c(CO)n1. The Morgan fingerprint density at radius 2 is 2.06 bits per heavy atom. The summed E-state index contributed by atoms with van der Waals surface area (Å²) in [6, 6.07) is 9.49. The fraction of sp³-hybridized carbons (Fsp3) is 0.0833.